The van der Waals surface area contributed by atoms with Crippen LogP contribution in [0.15, 0.2) is 17.0 Å². The van der Waals surface area contributed by atoms with E-state index >= 15 is 0 Å². The topological polar surface area (TPSA) is 79.5 Å². The first-order chi connectivity index (χ1) is 11.5. The number of rotatable bonds is 2. The monoisotopic (exact) mass is 341 g/mol. The number of carbonyl (C=O) groups is 1. The van der Waals surface area contributed by atoms with Gasteiger partial charge in [0.1, 0.15) is 0 Å². The number of phenols is 1. The minimum atomic E-state index is -1.73. The zero-order valence-electron chi connectivity index (χ0n) is 12.5. The third-order valence-electron chi connectivity index (χ3n) is 4.05. The van der Waals surface area contributed by atoms with Crippen molar-refractivity contribution in [3.8, 4) is 5.75 Å². The van der Waals surface area contributed by atoms with Crippen LogP contribution in [0.5, 0.6) is 5.75 Å². The number of nitrogens with zero attached hydrogens (tertiary/aromatic N) is 3. The highest BCUT2D eigenvalue weighted by atomic mass is 19.2. The quantitative estimate of drug-likeness (QED) is 0.850. The predicted octanol–water partition coefficient (Wildman–Crippen LogP) is 2.95. The van der Waals surface area contributed by atoms with Gasteiger partial charge in [-0.25, -0.2) is 8.78 Å². The minimum absolute atomic E-state index is 0.262. The van der Waals surface area contributed by atoms with Gasteiger partial charge in [-0.3, -0.25) is 4.79 Å². The van der Waals surface area contributed by atoms with Crippen molar-refractivity contribution in [1.29, 1.82) is 0 Å². The van der Waals surface area contributed by atoms with Crippen LogP contribution in [0.1, 0.15) is 47.9 Å². The summed E-state index contributed by atoms with van der Waals surface area (Å²) in [4.78, 5) is 17.9. The summed E-state index contributed by atoms with van der Waals surface area (Å²) in [5.74, 6) is -6.83. The first-order valence-corrected chi connectivity index (χ1v) is 7.44. The van der Waals surface area contributed by atoms with Gasteiger partial charge in [-0.05, 0) is 18.9 Å². The van der Waals surface area contributed by atoms with Gasteiger partial charge in [0.15, 0.2) is 23.2 Å². The number of carbonyl (C=O) groups excluding carboxylic acids is 1. The van der Waals surface area contributed by atoms with E-state index in [1.807, 2.05) is 0 Å². The van der Waals surface area contributed by atoms with Crippen molar-refractivity contribution in [2.75, 3.05) is 6.54 Å². The van der Waals surface area contributed by atoms with Gasteiger partial charge in [0.05, 0.1) is 11.6 Å². The summed E-state index contributed by atoms with van der Waals surface area (Å²) in [5.41, 5.74) is -0.734. The molecule has 0 radical (unpaired) electrons. The molecular weight excluding hydrogens is 327 g/mol. The number of aromatic nitrogens is 2. The lowest BCUT2D eigenvalue weighted by Gasteiger charge is -2.28. The zero-order chi connectivity index (χ0) is 17.3. The van der Waals surface area contributed by atoms with Gasteiger partial charge in [0.25, 0.3) is 5.91 Å². The normalized spacial score (nSPS) is 18.5. The highest BCUT2D eigenvalue weighted by Crippen LogP contribution is 2.32. The lowest BCUT2D eigenvalue weighted by atomic mass is 10.1. The Morgan fingerprint density at radius 3 is 2.75 bits per heavy atom. The molecule has 0 spiro atoms. The van der Waals surface area contributed by atoms with Crippen molar-refractivity contribution in [3.63, 3.8) is 0 Å². The Kier molecular flexibility index (Phi) is 4.41. The summed E-state index contributed by atoms with van der Waals surface area (Å²) in [6.45, 7) is 0.275. The Labute approximate surface area is 134 Å². The van der Waals surface area contributed by atoms with E-state index < -0.39 is 40.7 Å². The number of halogens is 3. The van der Waals surface area contributed by atoms with Crippen molar-refractivity contribution in [3.05, 3.63) is 41.3 Å². The molecule has 3 rings (SSSR count). The van der Waals surface area contributed by atoms with Crippen LogP contribution in [0.25, 0.3) is 0 Å². The average molecular weight is 341 g/mol. The van der Waals surface area contributed by atoms with Crippen LogP contribution in [-0.4, -0.2) is 32.6 Å². The summed E-state index contributed by atoms with van der Waals surface area (Å²) in [6.07, 6.45) is 3.96. The summed E-state index contributed by atoms with van der Waals surface area (Å²) < 4.78 is 45.5. The van der Waals surface area contributed by atoms with E-state index in [4.69, 9.17) is 4.52 Å². The number of aromatic hydroxyl groups is 1. The lowest BCUT2D eigenvalue weighted by molar-refractivity contribution is 0.0663. The van der Waals surface area contributed by atoms with Crippen LogP contribution >= 0.6 is 0 Å². The highest BCUT2D eigenvalue weighted by Gasteiger charge is 2.33. The van der Waals surface area contributed by atoms with E-state index in [1.165, 1.54) is 4.90 Å². The zero-order valence-corrected chi connectivity index (χ0v) is 12.5. The van der Waals surface area contributed by atoms with Gasteiger partial charge in [-0.15, -0.1) is 0 Å². The summed E-state index contributed by atoms with van der Waals surface area (Å²) in [7, 11) is 0. The van der Waals surface area contributed by atoms with Gasteiger partial charge in [0.2, 0.25) is 12.2 Å². The van der Waals surface area contributed by atoms with Crippen molar-refractivity contribution in [2.45, 2.75) is 31.7 Å². The van der Waals surface area contributed by atoms with E-state index in [2.05, 4.69) is 10.1 Å². The molecule has 24 heavy (non-hydrogen) atoms. The molecule has 0 bridgehead atoms. The summed E-state index contributed by atoms with van der Waals surface area (Å²) in [5, 5.41) is 13.0. The number of amides is 1. The fourth-order valence-electron chi connectivity index (χ4n) is 2.85. The lowest BCUT2D eigenvalue weighted by Crippen LogP contribution is -2.36. The van der Waals surface area contributed by atoms with Crippen LogP contribution in [0.4, 0.5) is 13.2 Å². The first kappa shape index (κ1) is 16.3. The molecule has 1 aliphatic rings. The molecule has 1 amide bonds. The Morgan fingerprint density at radius 1 is 1.25 bits per heavy atom. The second-order valence-electron chi connectivity index (χ2n) is 5.54. The molecule has 0 aliphatic carbocycles. The smallest absolute Gasteiger partial charge is 0.257 e. The molecule has 1 aromatic carbocycles. The number of hydrogen-bond donors (Lipinski definition) is 1. The summed E-state index contributed by atoms with van der Waals surface area (Å²) in [6, 6.07) is -0.112. The van der Waals surface area contributed by atoms with Gasteiger partial charge >= 0.3 is 0 Å². The molecule has 1 aliphatic heterocycles. The molecule has 0 saturated carbocycles. The SMILES string of the molecule is O=C(c1cc(F)c(F)c(O)c1F)N1CCCCC[C@H]1c1ncon1. The fourth-order valence-corrected chi connectivity index (χ4v) is 2.85. The van der Waals surface area contributed by atoms with Gasteiger partial charge < -0.3 is 14.5 Å². The molecule has 1 N–H and O–H groups in total. The largest absolute Gasteiger partial charge is 0.503 e. The Bertz CT molecular complexity index is 752. The van der Waals surface area contributed by atoms with Crippen LogP contribution in [0.2, 0.25) is 0 Å². The van der Waals surface area contributed by atoms with E-state index in [0.29, 0.717) is 18.9 Å². The van der Waals surface area contributed by atoms with Crippen molar-refractivity contribution >= 4 is 5.91 Å². The van der Waals surface area contributed by atoms with Crippen LogP contribution < -0.4 is 0 Å². The molecular formula is C15H14F3N3O3. The standard InChI is InChI=1S/C15H14F3N3O3/c16-9-6-8(11(17)13(22)12(9)18)15(23)21-5-3-1-2-4-10(21)14-19-7-24-20-14/h6-7,10,22H,1-5H2/t10-/m0/s1. The maximum Gasteiger partial charge on any atom is 0.257 e. The average Bonchev–Trinajstić information content (AvgIpc) is 3.00. The predicted molar refractivity (Wildman–Crippen MR) is 74.5 cm³/mol. The van der Waals surface area contributed by atoms with Gasteiger partial charge in [-0.2, -0.15) is 9.37 Å². The van der Waals surface area contributed by atoms with E-state index in [9.17, 15) is 23.1 Å². The number of hydrogen-bond acceptors (Lipinski definition) is 5. The van der Waals surface area contributed by atoms with E-state index in [-0.39, 0.29) is 12.4 Å². The van der Waals surface area contributed by atoms with Crippen LogP contribution in [0.3, 0.4) is 0 Å². The second kappa shape index (κ2) is 6.50. The molecule has 2 aromatic rings. The number of likely N-dealkylation sites (tertiary alicyclic amines) is 1. The van der Waals surface area contributed by atoms with Gasteiger partial charge in [0, 0.05) is 6.54 Å². The molecule has 0 unspecified atom stereocenters. The second-order valence-corrected chi connectivity index (χ2v) is 5.54. The molecule has 1 fully saturated rings. The van der Waals surface area contributed by atoms with Crippen molar-refractivity contribution in [2.24, 2.45) is 0 Å². The number of benzene rings is 1. The van der Waals surface area contributed by atoms with Crippen LogP contribution in [0, 0.1) is 17.5 Å². The molecule has 1 atom stereocenters. The first-order valence-electron chi connectivity index (χ1n) is 7.44. The molecule has 6 nitrogen and oxygen atoms in total. The Morgan fingerprint density at radius 2 is 2.04 bits per heavy atom. The molecule has 1 aromatic heterocycles. The van der Waals surface area contributed by atoms with E-state index in [1.54, 1.807) is 0 Å². The van der Waals surface area contributed by atoms with Crippen LogP contribution in [-0.2, 0) is 0 Å². The third kappa shape index (κ3) is 2.81. The molecule has 9 heteroatoms. The highest BCUT2D eigenvalue weighted by molar-refractivity contribution is 5.95. The Balaban J connectivity index is 2.00. The van der Waals surface area contributed by atoms with Crippen molar-refractivity contribution < 1.29 is 27.6 Å². The van der Waals surface area contributed by atoms with Crippen molar-refractivity contribution in [1.82, 2.24) is 15.0 Å². The fraction of sp³-hybridized carbons (Fsp3) is 0.400. The number of phenolic OH excluding ortho intramolecular Hbond substituents is 1. The van der Waals surface area contributed by atoms with Gasteiger partial charge in [-0.1, -0.05) is 18.0 Å². The molecule has 2 heterocycles. The molecule has 128 valence electrons. The maximum atomic E-state index is 14.1. The maximum absolute atomic E-state index is 14.1. The molecule has 1 saturated heterocycles. The Hall–Kier alpha value is -2.58. The minimum Gasteiger partial charge on any atom is -0.503 e. The van der Waals surface area contributed by atoms with E-state index in [0.717, 1.165) is 19.2 Å². The third-order valence-corrected chi connectivity index (χ3v) is 4.05. The summed E-state index contributed by atoms with van der Waals surface area (Å²) >= 11 is 0.